The van der Waals surface area contributed by atoms with Gasteiger partial charge in [0.15, 0.2) is 0 Å². The van der Waals surface area contributed by atoms with E-state index in [2.05, 4.69) is 36.1 Å². The van der Waals surface area contributed by atoms with Crippen LogP contribution in [0.3, 0.4) is 0 Å². The lowest BCUT2D eigenvalue weighted by Gasteiger charge is -2.24. The van der Waals surface area contributed by atoms with Gasteiger partial charge in [0.05, 0.1) is 13.0 Å². The monoisotopic (exact) mass is 233 g/mol. The summed E-state index contributed by atoms with van der Waals surface area (Å²) in [6.07, 6.45) is 0.907. The van der Waals surface area contributed by atoms with E-state index in [9.17, 15) is 4.79 Å². The molecule has 2 atom stereocenters. The number of ether oxygens (including phenoxy) is 1. The average molecular weight is 233 g/mol. The van der Waals surface area contributed by atoms with E-state index >= 15 is 0 Å². The van der Waals surface area contributed by atoms with Gasteiger partial charge in [0, 0.05) is 12.6 Å². The summed E-state index contributed by atoms with van der Waals surface area (Å²) in [5.74, 6) is -0.0288. The van der Waals surface area contributed by atoms with Gasteiger partial charge in [-0.1, -0.05) is 30.3 Å². The third-order valence-electron chi connectivity index (χ3n) is 3.58. The lowest BCUT2D eigenvalue weighted by Crippen LogP contribution is -2.26. The molecule has 1 aliphatic heterocycles. The first-order chi connectivity index (χ1) is 8.22. The predicted octanol–water partition coefficient (Wildman–Crippen LogP) is 2.24. The molecule has 1 aromatic carbocycles. The van der Waals surface area contributed by atoms with Gasteiger partial charge in [-0.3, -0.25) is 9.69 Å². The number of hydrogen-bond acceptors (Lipinski definition) is 3. The van der Waals surface area contributed by atoms with Crippen LogP contribution in [0, 0.1) is 5.92 Å². The van der Waals surface area contributed by atoms with E-state index in [-0.39, 0.29) is 11.9 Å². The van der Waals surface area contributed by atoms with Crippen LogP contribution >= 0.6 is 0 Å². The van der Waals surface area contributed by atoms with Crippen molar-refractivity contribution >= 4 is 5.97 Å². The van der Waals surface area contributed by atoms with Gasteiger partial charge in [-0.25, -0.2) is 0 Å². The normalized spacial score (nSPS) is 22.4. The van der Waals surface area contributed by atoms with E-state index in [1.807, 2.05) is 6.07 Å². The van der Waals surface area contributed by atoms with Crippen molar-refractivity contribution in [2.45, 2.75) is 19.4 Å². The number of rotatable bonds is 3. The quantitative estimate of drug-likeness (QED) is 0.750. The lowest BCUT2D eigenvalue weighted by atomic mass is 10.1. The van der Waals surface area contributed by atoms with E-state index in [1.165, 1.54) is 12.7 Å². The molecule has 1 saturated heterocycles. The van der Waals surface area contributed by atoms with Crippen LogP contribution in [0.1, 0.15) is 24.9 Å². The number of likely N-dealkylation sites (tertiary alicyclic amines) is 1. The summed E-state index contributed by atoms with van der Waals surface area (Å²) >= 11 is 0. The van der Waals surface area contributed by atoms with Crippen molar-refractivity contribution in [1.82, 2.24) is 4.90 Å². The number of methoxy groups -OCH3 is 1. The first-order valence-electron chi connectivity index (χ1n) is 6.09. The van der Waals surface area contributed by atoms with Gasteiger partial charge >= 0.3 is 5.97 Å². The van der Waals surface area contributed by atoms with Crippen LogP contribution in [-0.2, 0) is 9.53 Å². The van der Waals surface area contributed by atoms with Gasteiger partial charge in [0.25, 0.3) is 0 Å². The molecule has 0 saturated carbocycles. The Morgan fingerprint density at radius 3 is 2.76 bits per heavy atom. The standard InChI is InChI=1S/C14H19NO2/c1-11(12-6-4-3-5-7-12)15-9-8-13(10-15)14(16)17-2/h3-7,11,13H,8-10H2,1-2H3/t11-,13+/m1/s1. The molecule has 0 amide bonds. The smallest absolute Gasteiger partial charge is 0.310 e. The summed E-state index contributed by atoms with van der Waals surface area (Å²) in [4.78, 5) is 13.8. The van der Waals surface area contributed by atoms with E-state index in [0.717, 1.165) is 19.5 Å². The maximum absolute atomic E-state index is 11.5. The van der Waals surface area contributed by atoms with Crippen molar-refractivity contribution in [1.29, 1.82) is 0 Å². The van der Waals surface area contributed by atoms with Crippen molar-refractivity contribution in [2.24, 2.45) is 5.92 Å². The molecule has 1 heterocycles. The van der Waals surface area contributed by atoms with Gasteiger partial charge in [0.2, 0.25) is 0 Å². The second kappa shape index (κ2) is 5.32. The molecule has 17 heavy (non-hydrogen) atoms. The molecule has 0 aromatic heterocycles. The van der Waals surface area contributed by atoms with E-state index < -0.39 is 0 Å². The number of carbonyl (C=O) groups is 1. The van der Waals surface area contributed by atoms with Crippen molar-refractivity contribution in [3.05, 3.63) is 35.9 Å². The van der Waals surface area contributed by atoms with E-state index in [1.54, 1.807) is 0 Å². The largest absolute Gasteiger partial charge is 0.469 e. The zero-order valence-corrected chi connectivity index (χ0v) is 10.4. The Bertz CT molecular complexity index is 377. The van der Waals surface area contributed by atoms with Crippen LogP contribution in [-0.4, -0.2) is 31.1 Å². The highest BCUT2D eigenvalue weighted by Gasteiger charge is 2.31. The van der Waals surface area contributed by atoms with Gasteiger partial charge < -0.3 is 4.74 Å². The summed E-state index contributed by atoms with van der Waals surface area (Å²) in [6, 6.07) is 10.8. The van der Waals surface area contributed by atoms with Crippen molar-refractivity contribution < 1.29 is 9.53 Å². The van der Waals surface area contributed by atoms with Crippen molar-refractivity contribution in [2.75, 3.05) is 20.2 Å². The van der Waals surface area contributed by atoms with Crippen LogP contribution in [0.2, 0.25) is 0 Å². The summed E-state index contributed by atoms with van der Waals surface area (Å²) in [5.41, 5.74) is 1.30. The molecule has 3 heteroatoms. The fourth-order valence-electron chi connectivity index (χ4n) is 2.44. The Kier molecular flexibility index (Phi) is 3.79. The number of benzene rings is 1. The molecule has 92 valence electrons. The molecule has 0 aliphatic carbocycles. The summed E-state index contributed by atoms with van der Waals surface area (Å²) in [6.45, 7) is 3.97. The molecule has 1 aliphatic rings. The Morgan fingerprint density at radius 2 is 2.12 bits per heavy atom. The molecule has 0 bridgehead atoms. The second-order valence-electron chi connectivity index (χ2n) is 4.59. The SMILES string of the molecule is COC(=O)[C@H]1CCN([C@H](C)c2ccccc2)C1. The maximum atomic E-state index is 11.5. The predicted molar refractivity (Wildman–Crippen MR) is 66.6 cm³/mol. The minimum atomic E-state index is -0.0761. The first-order valence-corrected chi connectivity index (χ1v) is 6.09. The average Bonchev–Trinajstić information content (AvgIpc) is 2.87. The van der Waals surface area contributed by atoms with Crippen LogP contribution in [0.4, 0.5) is 0 Å². The molecule has 1 fully saturated rings. The number of hydrogen-bond donors (Lipinski definition) is 0. The van der Waals surface area contributed by atoms with Crippen LogP contribution in [0.25, 0.3) is 0 Å². The molecule has 3 nitrogen and oxygen atoms in total. The first kappa shape index (κ1) is 12.1. The van der Waals surface area contributed by atoms with Crippen LogP contribution in [0.5, 0.6) is 0 Å². The molecule has 0 radical (unpaired) electrons. The minimum Gasteiger partial charge on any atom is -0.469 e. The molecular formula is C14H19NO2. The lowest BCUT2D eigenvalue weighted by molar-refractivity contribution is -0.145. The van der Waals surface area contributed by atoms with E-state index in [0.29, 0.717) is 6.04 Å². The summed E-state index contributed by atoms with van der Waals surface area (Å²) in [5, 5.41) is 0. The molecule has 0 unspecified atom stereocenters. The second-order valence-corrected chi connectivity index (χ2v) is 4.59. The Labute approximate surface area is 102 Å². The molecule has 1 aromatic rings. The molecule has 0 N–H and O–H groups in total. The Hall–Kier alpha value is -1.35. The van der Waals surface area contributed by atoms with Crippen LogP contribution < -0.4 is 0 Å². The van der Waals surface area contributed by atoms with E-state index in [4.69, 9.17) is 4.74 Å². The fourth-order valence-corrected chi connectivity index (χ4v) is 2.44. The zero-order chi connectivity index (χ0) is 12.3. The number of nitrogens with zero attached hydrogens (tertiary/aromatic N) is 1. The fraction of sp³-hybridized carbons (Fsp3) is 0.500. The van der Waals surface area contributed by atoms with Crippen molar-refractivity contribution in [3.8, 4) is 0 Å². The maximum Gasteiger partial charge on any atom is 0.310 e. The van der Waals surface area contributed by atoms with Crippen LogP contribution in [0.15, 0.2) is 30.3 Å². The third-order valence-corrected chi connectivity index (χ3v) is 3.58. The van der Waals surface area contributed by atoms with Gasteiger partial charge in [-0.05, 0) is 25.5 Å². The highest BCUT2D eigenvalue weighted by atomic mass is 16.5. The van der Waals surface area contributed by atoms with Gasteiger partial charge in [-0.15, -0.1) is 0 Å². The van der Waals surface area contributed by atoms with Gasteiger partial charge in [0.1, 0.15) is 0 Å². The molecule has 0 spiro atoms. The summed E-state index contributed by atoms with van der Waals surface area (Å²) < 4.78 is 4.80. The Balaban J connectivity index is 1.99. The highest BCUT2D eigenvalue weighted by molar-refractivity contribution is 5.72. The molecular weight excluding hydrogens is 214 g/mol. The Morgan fingerprint density at radius 1 is 1.41 bits per heavy atom. The highest BCUT2D eigenvalue weighted by Crippen LogP contribution is 2.27. The molecule has 2 rings (SSSR count). The topological polar surface area (TPSA) is 29.5 Å². The minimum absolute atomic E-state index is 0.0474. The number of carbonyl (C=O) groups excluding carboxylic acids is 1. The third kappa shape index (κ3) is 2.67. The number of esters is 1. The van der Waals surface area contributed by atoms with Crippen molar-refractivity contribution in [3.63, 3.8) is 0 Å². The summed E-state index contributed by atoms with van der Waals surface area (Å²) in [7, 11) is 1.46. The zero-order valence-electron chi connectivity index (χ0n) is 10.4. The van der Waals surface area contributed by atoms with Gasteiger partial charge in [-0.2, -0.15) is 0 Å².